The van der Waals surface area contributed by atoms with Crippen molar-refractivity contribution in [2.75, 3.05) is 6.54 Å². The highest BCUT2D eigenvalue weighted by atomic mass is 35.5. The Morgan fingerprint density at radius 2 is 1.70 bits per heavy atom. The van der Waals surface area contributed by atoms with E-state index in [1.807, 2.05) is 0 Å². The van der Waals surface area contributed by atoms with Crippen LogP contribution in [0.25, 0.3) is 0 Å². The first-order valence-electron chi connectivity index (χ1n) is 8.69. The summed E-state index contributed by atoms with van der Waals surface area (Å²) < 4.78 is 27.6. The number of sulfonamides is 1. The van der Waals surface area contributed by atoms with Gasteiger partial charge in [-0.05, 0) is 86.3 Å². The Hall–Kier alpha value is -0.580. The molecule has 4 aliphatic carbocycles. The summed E-state index contributed by atoms with van der Waals surface area (Å²) in [6, 6.07) is 6.47. The maximum Gasteiger partial charge on any atom is 0.240 e. The second kappa shape index (κ2) is 5.75. The summed E-state index contributed by atoms with van der Waals surface area (Å²) in [6.07, 6.45) is 9.21. The highest BCUT2D eigenvalue weighted by Gasteiger charge is 2.50. The fourth-order valence-electron chi connectivity index (χ4n) is 5.76. The van der Waals surface area contributed by atoms with Gasteiger partial charge in [0.05, 0.1) is 4.90 Å². The Morgan fingerprint density at radius 3 is 2.26 bits per heavy atom. The summed E-state index contributed by atoms with van der Waals surface area (Å²) in [5.74, 6) is 2.72. The standard InChI is InChI=1S/C18H24ClNO2S/c19-16-2-1-3-17(9-16)23(21,22)20-5-4-18-10-13-6-14(11-18)8-15(7-13)12-18/h1-3,9,13-15,20H,4-8,10-12H2. The number of hydrogen-bond acceptors (Lipinski definition) is 2. The monoisotopic (exact) mass is 353 g/mol. The lowest BCUT2D eigenvalue weighted by molar-refractivity contribution is -0.0561. The van der Waals surface area contributed by atoms with Crippen LogP contribution in [0, 0.1) is 23.2 Å². The molecule has 0 amide bonds. The molecule has 1 N–H and O–H groups in total. The van der Waals surface area contributed by atoms with E-state index >= 15 is 0 Å². The average Bonchev–Trinajstić information content (AvgIpc) is 2.45. The van der Waals surface area contributed by atoms with Gasteiger partial charge in [0.1, 0.15) is 0 Å². The van der Waals surface area contributed by atoms with E-state index in [1.54, 1.807) is 18.2 Å². The molecule has 0 spiro atoms. The molecule has 0 radical (unpaired) electrons. The van der Waals surface area contributed by atoms with Gasteiger partial charge in [-0.15, -0.1) is 0 Å². The highest BCUT2D eigenvalue weighted by Crippen LogP contribution is 2.61. The normalized spacial score (nSPS) is 35.6. The van der Waals surface area contributed by atoms with Gasteiger partial charge in [0, 0.05) is 11.6 Å². The maximum atomic E-state index is 12.4. The summed E-state index contributed by atoms with van der Waals surface area (Å²) >= 11 is 5.90. The van der Waals surface area contributed by atoms with E-state index in [4.69, 9.17) is 11.6 Å². The highest BCUT2D eigenvalue weighted by molar-refractivity contribution is 7.89. The SMILES string of the molecule is O=S(=O)(NCCC12CC3CC(CC(C3)C1)C2)c1cccc(Cl)c1. The molecule has 5 rings (SSSR count). The van der Waals surface area contributed by atoms with Crippen LogP contribution in [0.3, 0.4) is 0 Å². The van der Waals surface area contributed by atoms with Crippen LogP contribution in [0.1, 0.15) is 44.9 Å². The number of hydrogen-bond donors (Lipinski definition) is 1. The molecule has 3 nitrogen and oxygen atoms in total. The van der Waals surface area contributed by atoms with Crippen molar-refractivity contribution in [3.63, 3.8) is 0 Å². The largest absolute Gasteiger partial charge is 0.240 e. The number of halogens is 1. The third-order valence-electron chi connectivity index (χ3n) is 6.22. The van der Waals surface area contributed by atoms with E-state index in [0.717, 1.165) is 24.2 Å². The van der Waals surface area contributed by atoms with Gasteiger partial charge >= 0.3 is 0 Å². The van der Waals surface area contributed by atoms with Crippen LogP contribution in [0.5, 0.6) is 0 Å². The third kappa shape index (κ3) is 3.18. The molecule has 0 saturated heterocycles. The summed E-state index contributed by atoms with van der Waals surface area (Å²) in [7, 11) is -3.45. The van der Waals surface area contributed by atoms with Crippen molar-refractivity contribution in [3.05, 3.63) is 29.3 Å². The summed E-state index contributed by atoms with van der Waals surface area (Å²) in [5.41, 5.74) is 0.408. The van der Waals surface area contributed by atoms with Gasteiger partial charge < -0.3 is 0 Å². The van der Waals surface area contributed by atoms with Gasteiger partial charge in [0.2, 0.25) is 10.0 Å². The summed E-state index contributed by atoms with van der Waals surface area (Å²) in [4.78, 5) is 0.260. The van der Waals surface area contributed by atoms with Gasteiger partial charge in [0.25, 0.3) is 0 Å². The molecule has 126 valence electrons. The van der Waals surface area contributed by atoms with Crippen LogP contribution in [0.15, 0.2) is 29.2 Å². The Balaban J connectivity index is 1.40. The van der Waals surface area contributed by atoms with E-state index in [-0.39, 0.29) is 4.90 Å². The van der Waals surface area contributed by atoms with Gasteiger partial charge in [-0.2, -0.15) is 0 Å². The van der Waals surface area contributed by atoms with E-state index in [0.29, 0.717) is 17.0 Å². The van der Waals surface area contributed by atoms with Crippen LogP contribution in [-0.4, -0.2) is 15.0 Å². The van der Waals surface area contributed by atoms with E-state index < -0.39 is 10.0 Å². The Bertz CT molecular complexity index is 665. The zero-order chi connectivity index (χ0) is 16.1. The molecule has 23 heavy (non-hydrogen) atoms. The topological polar surface area (TPSA) is 46.2 Å². The molecular weight excluding hydrogens is 330 g/mol. The molecule has 1 aromatic rings. The van der Waals surface area contributed by atoms with Crippen LogP contribution in [-0.2, 0) is 10.0 Å². The molecule has 1 aromatic carbocycles. The first kappa shape index (κ1) is 15.9. The van der Waals surface area contributed by atoms with E-state index in [9.17, 15) is 8.42 Å². The first-order chi connectivity index (χ1) is 10.9. The lowest BCUT2D eigenvalue weighted by Gasteiger charge is -2.57. The van der Waals surface area contributed by atoms with Gasteiger partial charge in [-0.1, -0.05) is 17.7 Å². The molecule has 4 bridgehead atoms. The van der Waals surface area contributed by atoms with Crippen LogP contribution in [0.2, 0.25) is 5.02 Å². The maximum absolute atomic E-state index is 12.4. The molecular formula is C18H24ClNO2S. The zero-order valence-corrected chi connectivity index (χ0v) is 14.9. The van der Waals surface area contributed by atoms with Crippen LogP contribution in [0.4, 0.5) is 0 Å². The van der Waals surface area contributed by atoms with Crippen molar-refractivity contribution in [2.45, 2.75) is 49.8 Å². The molecule has 0 atom stereocenters. The second-order valence-electron chi connectivity index (χ2n) is 8.02. The van der Waals surface area contributed by atoms with Crippen molar-refractivity contribution in [2.24, 2.45) is 23.2 Å². The quantitative estimate of drug-likeness (QED) is 0.861. The fraction of sp³-hybridized carbons (Fsp3) is 0.667. The lowest BCUT2D eigenvalue weighted by Crippen LogP contribution is -2.47. The molecule has 4 saturated carbocycles. The number of benzene rings is 1. The molecule has 0 unspecified atom stereocenters. The molecule has 0 aliphatic heterocycles. The Labute approximate surface area is 143 Å². The minimum Gasteiger partial charge on any atom is -0.211 e. The Kier molecular flexibility index (Phi) is 3.98. The predicted octanol–water partition coefficient (Wildman–Crippen LogP) is 4.22. The predicted molar refractivity (Wildman–Crippen MR) is 91.9 cm³/mol. The lowest BCUT2D eigenvalue weighted by atomic mass is 9.49. The van der Waals surface area contributed by atoms with Crippen molar-refractivity contribution in [1.29, 1.82) is 0 Å². The second-order valence-corrected chi connectivity index (χ2v) is 10.2. The Morgan fingerprint density at radius 1 is 1.09 bits per heavy atom. The van der Waals surface area contributed by atoms with Crippen molar-refractivity contribution < 1.29 is 8.42 Å². The summed E-state index contributed by atoms with van der Waals surface area (Å²) in [5, 5.41) is 0.453. The third-order valence-corrected chi connectivity index (χ3v) is 7.91. The van der Waals surface area contributed by atoms with Crippen molar-refractivity contribution in [3.8, 4) is 0 Å². The molecule has 4 aliphatic rings. The van der Waals surface area contributed by atoms with Gasteiger partial charge in [0.15, 0.2) is 0 Å². The summed E-state index contributed by atoms with van der Waals surface area (Å²) in [6.45, 7) is 0.543. The number of nitrogens with one attached hydrogen (secondary N) is 1. The van der Waals surface area contributed by atoms with Crippen LogP contribution >= 0.6 is 11.6 Å². The van der Waals surface area contributed by atoms with Crippen molar-refractivity contribution in [1.82, 2.24) is 4.72 Å². The minimum atomic E-state index is -3.45. The molecule has 0 heterocycles. The fourth-order valence-corrected chi connectivity index (χ4v) is 7.10. The van der Waals surface area contributed by atoms with Gasteiger partial charge in [-0.25, -0.2) is 13.1 Å². The molecule has 5 heteroatoms. The van der Waals surface area contributed by atoms with Gasteiger partial charge in [-0.3, -0.25) is 0 Å². The number of rotatable bonds is 5. The van der Waals surface area contributed by atoms with E-state index in [2.05, 4.69) is 4.72 Å². The zero-order valence-electron chi connectivity index (χ0n) is 13.3. The van der Waals surface area contributed by atoms with Crippen molar-refractivity contribution >= 4 is 21.6 Å². The molecule has 0 aromatic heterocycles. The van der Waals surface area contributed by atoms with Crippen LogP contribution < -0.4 is 4.72 Å². The minimum absolute atomic E-state index is 0.260. The average molecular weight is 354 g/mol. The molecule has 4 fully saturated rings. The van der Waals surface area contributed by atoms with E-state index in [1.165, 1.54) is 44.6 Å². The first-order valence-corrected chi connectivity index (χ1v) is 10.6. The smallest absolute Gasteiger partial charge is 0.211 e.